The van der Waals surface area contributed by atoms with Crippen molar-refractivity contribution in [1.29, 1.82) is 0 Å². The number of fused-ring (bicyclic) bond motifs is 1. The van der Waals surface area contributed by atoms with Crippen molar-refractivity contribution >= 4 is 34.2 Å². The van der Waals surface area contributed by atoms with Crippen LogP contribution in [0.15, 0.2) is 54.7 Å². The summed E-state index contributed by atoms with van der Waals surface area (Å²) < 4.78 is 12.1. The highest BCUT2D eigenvalue weighted by Gasteiger charge is 2.24. The number of morpholine rings is 1. The lowest BCUT2D eigenvalue weighted by Gasteiger charge is -2.27. The average Bonchev–Trinajstić information content (AvgIpc) is 3.18. The van der Waals surface area contributed by atoms with E-state index in [1.807, 2.05) is 12.1 Å². The van der Waals surface area contributed by atoms with Gasteiger partial charge in [0.25, 0.3) is 11.7 Å². The second-order valence-electron chi connectivity index (χ2n) is 7.19. The number of hydrogen-bond donors (Lipinski definition) is 1. The summed E-state index contributed by atoms with van der Waals surface area (Å²) >= 11 is 0. The lowest BCUT2D eigenvalue weighted by Crippen LogP contribution is -2.42. The van der Waals surface area contributed by atoms with E-state index in [0.717, 1.165) is 5.52 Å². The Bertz CT molecular complexity index is 1110. The third-order valence-corrected chi connectivity index (χ3v) is 5.26. The average molecular weight is 421 g/mol. The minimum Gasteiger partial charge on any atom is -0.497 e. The van der Waals surface area contributed by atoms with Gasteiger partial charge in [0.05, 0.1) is 25.9 Å². The number of amides is 2. The molecule has 160 valence electrons. The Morgan fingerprint density at radius 1 is 1.03 bits per heavy atom. The van der Waals surface area contributed by atoms with Crippen molar-refractivity contribution in [2.24, 2.45) is 0 Å². The van der Waals surface area contributed by atoms with Gasteiger partial charge in [-0.1, -0.05) is 18.2 Å². The van der Waals surface area contributed by atoms with Gasteiger partial charge in [-0.05, 0) is 30.3 Å². The molecule has 4 rings (SSSR count). The van der Waals surface area contributed by atoms with Crippen LogP contribution in [0.3, 0.4) is 0 Å². The Hall–Kier alpha value is -3.65. The van der Waals surface area contributed by atoms with Gasteiger partial charge in [-0.2, -0.15) is 0 Å². The molecule has 0 aliphatic carbocycles. The maximum absolute atomic E-state index is 12.9. The molecule has 8 nitrogen and oxygen atoms in total. The molecular weight excluding hydrogens is 398 g/mol. The second-order valence-corrected chi connectivity index (χ2v) is 7.19. The maximum Gasteiger partial charge on any atom is 0.296 e. The largest absolute Gasteiger partial charge is 0.497 e. The molecule has 0 bridgehead atoms. The van der Waals surface area contributed by atoms with Gasteiger partial charge in [-0.25, -0.2) is 0 Å². The normalized spacial score (nSPS) is 13.8. The van der Waals surface area contributed by atoms with Crippen LogP contribution >= 0.6 is 0 Å². The molecule has 0 radical (unpaired) electrons. The molecule has 0 atom stereocenters. The zero-order chi connectivity index (χ0) is 21.8. The van der Waals surface area contributed by atoms with Crippen molar-refractivity contribution in [2.75, 3.05) is 38.7 Å². The predicted octanol–water partition coefficient (Wildman–Crippen LogP) is 2.33. The Balaban J connectivity index is 1.55. The highest BCUT2D eigenvalue weighted by molar-refractivity contribution is 6.48. The number of nitrogens with zero attached hydrogens (tertiary/aromatic N) is 2. The molecule has 0 unspecified atom stereocenters. The highest BCUT2D eigenvalue weighted by Crippen LogP contribution is 2.23. The zero-order valence-corrected chi connectivity index (χ0v) is 17.2. The number of methoxy groups -OCH3 is 1. The number of aromatic nitrogens is 1. The van der Waals surface area contributed by atoms with Crippen molar-refractivity contribution in [1.82, 2.24) is 9.47 Å². The molecule has 1 aliphatic heterocycles. The van der Waals surface area contributed by atoms with Crippen molar-refractivity contribution in [3.8, 4) is 5.75 Å². The minimum atomic E-state index is -0.743. The number of hydrogen-bond acceptors (Lipinski definition) is 5. The minimum absolute atomic E-state index is 0.0502. The van der Waals surface area contributed by atoms with Crippen LogP contribution in [-0.4, -0.2) is 60.5 Å². The number of rotatable bonds is 6. The van der Waals surface area contributed by atoms with Gasteiger partial charge in [0.1, 0.15) is 12.3 Å². The van der Waals surface area contributed by atoms with Crippen LogP contribution in [0.5, 0.6) is 5.75 Å². The topological polar surface area (TPSA) is 89.9 Å². The fourth-order valence-electron chi connectivity index (χ4n) is 3.60. The highest BCUT2D eigenvalue weighted by atomic mass is 16.5. The van der Waals surface area contributed by atoms with Crippen LogP contribution in [0.4, 0.5) is 5.69 Å². The molecule has 3 aromatic rings. The van der Waals surface area contributed by atoms with E-state index in [-0.39, 0.29) is 18.0 Å². The first-order chi connectivity index (χ1) is 15.1. The number of ether oxygens (including phenoxy) is 2. The number of carbonyl (C=O) groups excluding carboxylic acids is 3. The first-order valence-corrected chi connectivity index (χ1v) is 10.00. The van der Waals surface area contributed by atoms with Crippen LogP contribution in [-0.2, 0) is 20.9 Å². The van der Waals surface area contributed by atoms with Gasteiger partial charge >= 0.3 is 0 Å². The molecule has 0 spiro atoms. The second kappa shape index (κ2) is 9.01. The summed E-state index contributed by atoms with van der Waals surface area (Å²) in [7, 11) is 1.55. The third-order valence-electron chi connectivity index (χ3n) is 5.26. The molecule has 31 heavy (non-hydrogen) atoms. The molecular formula is C23H23N3O5. The van der Waals surface area contributed by atoms with E-state index in [0.29, 0.717) is 43.1 Å². The van der Waals surface area contributed by atoms with E-state index >= 15 is 0 Å². The van der Waals surface area contributed by atoms with Gasteiger partial charge in [-0.3, -0.25) is 14.4 Å². The number of para-hydroxylation sites is 1. The summed E-state index contributed by atoms with van der Waals surface area (Å²) in [6.07, 6.45) is 1.58. The third kappa shape index (κ3) is 4.44. The van der Waals surface area contributed by atoms with E-state index in [9.17, 15) is 14.4 Å². The summed E-state index contributed by atoms with van der Waals surface area (Å²) in [4.78, 5) is 40.0. The maximum atomic E-state index is 12.9. The smallest absolute Gasteiger partial charge is 0.296 e. The van der Waals surface area contributed by atoms with Gasteiger partial charge in [-0.15, -0.1) is 0 Å². The Morgan fingerprint density at radius 3 is 2.45 bits per heavy atom. The number of benzene rings is 2. The van der Waals surface area contributed by atoms with Crippen molar-refractivity contribution < 1.29 is 23.9 Å². The SMILES string of the molecule is COc1ccc(NC(=O)C(=O)c2cn(CC(=O)N3CCOCC3)c3ccccc23)cc1. The van der Waals surface area contributed by atoms with Crippen molar-refractivity contribution in [3.63, 3.8) is 0 Å². The lowest BCUT2D eigenvalue weighted by molar-refractivity contribution is -0.135. The quantitative estimate of drug-likeness (QED) is 0.487. The molecule has 1 aliphatic rings. The summed E-state index contributed by atoms with van der Waals surface area (Å²) in [5.74, 6) is -0.805. The molecule has 1 saturated heterocycles. The molecule has 2 aromatic carbocycles. The van der Waals surface area contributed by atoms with E-state index in [2.05, 4.69) is 5.32 Å². The number of carbonyl (C=O) groups is 3. The fourth-order valence-corrected chi connectivity index (χ4v) is 3.60. The predicted molar refractivity (Wildman–Crippen MR) is 115 cm³/mol. The summed E-state index contributed by atoms with van der Waals surface area (Å²) in [5, 5.41) is 3.25. The Labute approximate surface area is 179 Å². The Morgan fingerprint density at radius 2 is 1.74 bits per heavy atom. The molecule has 1 aromatic heterocycles. The van der Waals surface area contributed by atoms with Crippen LogP contribution in [0.25, 0.3) is 10.9 Å². The van der Waals surface area contributed by atoms with E-state index in [1.54, 1.807) is 59.2 Å². The molecule has 0 saturated carbocycles. The van der Waals surface area contributed by atoms with Crippen molar-refractivity contribution in [3.05, 3.63) is 60.3 Å². The van der Waals surface area contributed by atoms with Crippen molar-refractivity contribution in [2.45, 2.75) is 6.54 Å². The fraction of sp³-hybridized carbons (Fsp3) is 0.261. The van der Waals surface area contributed by atoms with Gasteiger partial charge in [0, 0.05) is 35.9 Å². The van der Waals surface area contributed by atoms with Crippen LogP contribution in [0.2, 0.25) is 0 Å². The van der Waals surface area contributed by atoms with E-state index in [1.165, 1.54) is 0 Å². The standard InChI is InChI=1S/C23H23N3O5/c1-30-17-8-6-16(7-9-17)24-23(29)22(28)19-14-26(20-5-3-2-4-18(19)20)15-21(27)25-10-12-31-13-11-25/h2-9,14H,10-13,15H2,1H3,(H,24,29). The van der Waals surface area contributed by atoms with E-state index < -0.39 is 11.7 Å². The van der Waals surface area contributed by atoms with E-state index in [4.69, 9.17) is 9.47 Å². The first-order valence-electron chi connectivity index (χ1n) is 10.00. The summed E-state index contributed by atoms with van der Waals surface area (Å²) in [6.45, 7) is 2.23. The molecule has 2 amide bonds. The first kappa shape index (κ1) is 20.6. The van der Waals surface area contributed by atoms with Gasteiger partial charge in [0.2, 0.25) is 5.91 Å². The van der Waals surface area contributed by atoms with Gasteiger partial charge in [0.15, 0.2) is 0 Å². The lowest BCUT2D eigenvalue weighted by atomic mass is 10.1. The molecule has 8 heteroatoms. The van der Waals surface area contributed by atoms with Crippen LogP contribution < -0.4 is 10.1 Å². The summed E-state index contributed by atoms with van der Waals surface area (Å²) in [5.41, 5.74) is 1.48. The Kier molecular flexibility index (Phi) is 5.99. The number of Topliss-reactive ketones (excluding diaryl/α,β-unsaturated/α-hetero) is 1. The molecule has 1 N–H and O–H groups in total. The van der Waals surface area contributed by atoms with Crippen LogP contribution in [0, 0.1) is 0 Å². The van der Waals surface area contributed by atoms with Gasteiger partial charge < -0.3 is 24.3 Å². The number of nitrogens with one attached hydrogen (secondary N) is 1. The molecule has 1 fully saturated rings. The monoisotopic (exact) mass is 421 g/mol. The number of ketones is 1. The summed E-state index contributed by atoms with van der Waals surface area (Å²) in [6, 6.07) is 14.0. The van der Waals surface area contributed by atoms with Crippen LogP contribution in [0.1, 0.15) is 10.4 Å². The number of anilines is 1. The molecule has 2 heterocycles. The zero-order valence-electron chi connectivity index (χ0n) is 17.2.